The molecule has 0 aromatic heterocycles. The summed E-state index contributed by atoms with van der Waals surface area (Å²) in [6, 6.07) is 10.2. The number of rotatable bonds is 4. The Kier molecular flexibility index (Phi) is 3.94. The number of carbonyl (C=O) groups is 1. The lowest BCUT2D eigenvalue weighted by Gasteiger charge is -2.05. The Morgan fingerprint density at radius 2 is 1.45 bits per heavy atom. The molecule has 0 aliphatic heterocycles. The molecule has 0 bridgehead atoms. The minimum Gasteiger partial charge on any atom is -0.293 e. The summed E-state index contributed by atoms with van der Waals surface area (Å²) in [4.78, 5) is 11.8. The minimum absolute atomic E-state index is 0.0647. The smallest absolute Gasteiger partial charge is 0.185 e. The van der Waals surface area contributed by atoms with Crippen LogP contribution in [0.5, 0.6) is 0 Å². The highest BCUT2D eigenvalue weighted by Gasteiger charge is 2.24. The summed E-state index contributed by atoms with van der Waals surface area (Å²) in [5.41, 5.74) is -0.827. The maximum atomic E-state index is 13.4. The molecule has 2 aromatic carbocycles. The van der Waals surface area contributed by atoms with Crippen molar-refractivity contribution in [2.24, 2.45) is 0 Å². The van der Waals surface area contributed by atoms with E-state index in [-0.39, 0.29) is 4.90 Å². The highest BCUT2D eigenvalue weighted by molar-refractivity contribution is 7.92. The molecule has 0 amide bonds. The minimum atomic E-state index is -3.92. The summed E-state index contributed by atoms with van der Waals surface area (Å²) in [7, 11) is -3.92. The molecule has 0 saturated heterocycles. The fraction of sp³-hybridized carbons (Fsp3) is 0.0714. The Labute approximate surface area is 114 Å². The van der Waals surface area contributed by atoms with Crippen molar-refractivity contribution in [1.29, 1.82) is 0 Å². The summed E-state index contributed by atoms with van der Waals surface area (Å²) >= 11 is 0. The van der Waals surface area contributed by atoms with Crippen LogP contribution in [0.25, 0.3) is 0 Å². The van der Waals surface area contributed by atoms with Crippen molar-refractivity contribution in [1.82, 2.24) is 0 Å². The summed E-state index contributed by atoms with van der Waals surface area (Å²) in [5.74, 6) is -4.23. The van der Waals surface area contributed by atoms with Crippen LogP contribution in [0.1, 0.15) is 10.4 Å². The van der Waals surface area contributed by atoms with Crippen molar-refractivity contribution >= 4 is 15.6 Å². The van der Waals surface area contributed by atoms with Gasteiger partial charge in [0.1, 0.15) is 17.4 Å². The lowest BCUT2D eigenvalue weighted by molar-refractivity contribution is 0.101. The first-order valence-corrected chi connectivity index (χ1v) is 7.32. The van der Waals surface area contributed by atoms with E-state index in [0.29, 0.717) is 0 Å². The lowest BCUT2D eigenvalue weighted by atomic mass is 10.1. The van der Waals surface area contributed by atoms with E-state index in [9.17, 15) is 22.0 Å². The van der Waals surface area contributed by atoms with Crippen LogP contribution in [-0.2, 0) is 9.84 Å². The average Bonchev–Trinajstić information content (AvgIpc) is 2.39. The molecule has 0 N–H and O–H groups in total. The molecular weight excluding hydrogens is 286 g/mol. The predicted octanol–water partition coefficient (Wildman–Crippen LogP) is 2.62. The second kappa shape index (κ2) is 5.50. The maximum Gasteiger partial charge on any atom is 0.185 e. The summed E-state index contributed by atoms with van der Waals surface area (Å²) in [6.45, 7) is 0. The van der Waals surface area contributed by atoms with E-state index in [1.165, 1.54) is 24.3 Å². The van der Waals surface area contributed by atoms with E-state index >= 15 is 0 Å². The van der Waals surface area contributed by atoms with Gasteiger partial charge in [-0.2, -0.15) is 0 Å². The molecule has 0 aliphatic rings. The van der Waals surface area contributed by atoms with Gasteiger partial charge in [-0.05, 0) is 24.3 Å². The van der Waals surface area contributed by atoms with Crippen LogP contribution in [0.15, 0.2) is 53.4 Å². The molecule has 6 heteroatoms. The Hall–Kier alpha value is -2.08. The fourth-order valence-electron chi connectivity index (χ4n) is 1.72. The van der Waals surface area contributed by atoms with E-state index in [4.69, 9.17) is 0 Å². The molecule has 2 rings (SSSR count). The van der Waals surface area contributed by atoms with E-state index < -0.39 is 38.6 Å². The lowest BCUT2D eigenvalue weighted by Crippen LogP contribution is -2.18. The van der Waals surface area contributed by atoms with Gasteiger partial charge in [0.05, 0.1) is 10.5 Å². The highest BCUT2D eigenvalue weighted by Crippen LogP contribution is 2.16. The van der Waals surface area contributed by atoms with Crippen LogP contribution in [0.4, 0.5) is 8.78 Å². The third kappa shape index (κ3) is 2.91. The number of halogens is 2. The zero-order valence-electron chi connectivity index (χ0n) is 10.2. The topological polar surface area (TPSA) is 51.2 Å². The van der Waals surface area contributed by atoms with Gasteiger partial charge in [0.25, 0.3) is 0 Å². The number of carbonyl (C=O) groups excluding carboxylic acids is 1. The Morgan fingerprint density at radius 1 is 0.900 bits per heavy atom. The van der Waals surface area contributed by atoms with Crippen molar-refractivity contribution in [3.8, 4) is 0 Å². The van der Waals surface area contributed by atoms with Gasteiger partial charge in [0, 0.05) is 0 Å². The van der Waals surface area contributed by atoms with Crippen LogP contribution in [0.2, 0.25) is 0 Å². The molecule has 3 nitrogen and oxygen atoms in total. The van der Waals surface area contributed by atoms with Gasteiger partial charge in [-0.3, -0.25) is 4.79 Å². The monoisotopic (exact) mass is 296 g/mol. The average molecular weight is 296 g/mol. The molecule has 104 valence electrons. The summed E-state index contributed by atoms with van der Waals surface area (Å²) in [6.07, 6.45) is 0. The van der Waals surface area contributed by atoms with Crippen molar-refractivity contribution in [2.45, 2.75) is 4.90 Å². The molecular formula is C14H10F2O3S. The third-order valence-electron chi connectivity index (χ3n) is 2.67. The number of benzene rings is 2. The molecule has 0 fully saturated rings. The largest absolute Gasteiger partial charge is 0.293 e. The Morgan fingerprint density at radius 3 is 2.00 bits per heavy atom. The van der Waals surface area contributed by atoms with Crippen molar-refractivity contribution in [2.75, 3.05) is 5.75 Å². The second-order valence-corrected chi connectivity index (χ2v) is 6.08. The van der Waals surface area contributed by atoms with E-state index in [1.807, 2.05) is 0 Å². The highest BCUT2D eigenvalue weighted by atomic mass is 32.2. The molecule has 0 saturated carbocycles. The van der Waals surface area contributed by atoms with Crippen LogP contribution < -0.4 is 0 Å². The molecule has 0 radical (unpaired) electrons. The molecule has 0 atom stereocenters. The molecule has 2 aromatic rings. The molecule has 0 heterocycles. The number of hydrogen-bond acceptors (Lipinski definition) is 3. The van der Waals surface area contributed by atoms with Crippen molar-refractivity contribution < 1.29 is 22.0 Å². The van der Waals surface area contributed by atoms with E-state index in [1.54, 1.807) is 6.07 Å². The van der Waals surface area contributed by atoms with Crippen LogP contribution >= 0.6 is 0 Å². The molecule has 0 spiro atoms. The number of Topliss-reactive ketones (excluding diaryl/α,β-unsaturated/α-hetero) is 1. The van der Waals surface area contributed by atoms with Crippen molar-refractivity contribution in [3.05, 3.63) is 65.7 Å². The standard InChI is InChI=1S/C14H10F2O3S/c15-11-7-4-8-12(16)14(11)13(17)9-20(18,19)10-5-2-1-3-6-10/h1-8H,9H2. The SMILES string of the molecule is O=C(CS(=O)(=O)c1ccccc1)c1c(F)cccc1F. The summed E-state index contributed by atoms with van der Waals surface area (Å²) < 4.78 is 50.8. The van der Waals surface area contributed by atoms with Crippen molar-refractivity contribution in [3.63, 3.8) is 0 Å². The first-order chi connectivity index (χ1) is 9.42. The Balaban J connectivity index is 2.33. The fourth-order valence-corrected chi connectivity index (χ4v) is 2.95. The number of ketones is 1. The normalized spacial score (nSPS) is 11.3. The van der Waals surface area contributed by atoms with Gasteiger partial charge in [-0.25, -0.2) is 17.2 Å². The number of sulfone groups is 1. The first-order valence-electron chi connectivity index (χ1n) is 5.67. The molecule has 20 heavy (non-hydrogen) atoms. The molecule has 0 aliphatic carbocycles. The van der Waals surface area contributed by atoms with Crippen LogP contribution in [-0.4, -0.2) is 20.0 Å². The molecule has 0 unspecified atom stereocenters. The van der Waals surface area contributed by atoms with Gasteiger partial charge in [0.2, 0.25) is 0 Å². The second-order valence-electron chi connectivity index (χ2n) is 4.09. The summed E-state index contributed by atoms with van der Waals surface area (Å²) in [5, 5.41) is 0. The van der Waals surface area contributed by atoms with E-state index in [2.05, 4.69) is 0 Å². The maximum absolute atomic E-state index is 13.4. The number of hydrogen-bond donors (Lipinski definition) is 0. The zero-order valence-corrected chi connectivity index (χ0v) is 11.0. The van der Waals surface area contributed by atoms with Gasteiger partial charge in [0.15, 0.2) is 15.6 Å². The van der Waals surface area contributed by atoms with Gasteiger partial charge >= 0.3 is 0 Å². The van der Waals surface area contributed by atoms with E-state index in [0.717, 1.165) is 18.2 Å². The van der Waals surface area contributed by atoms with Gasteiger partial charge in [-0.15, -0.1) is 0 Å². The quantitative estimate of drug-likeness (QED) is 0.815. The third-order valence-corrected chi connectivity index (χ3v) is 4.30. The zero-order chi connectivity index (χ0) is 14.8. The van der Waals surface area contributed by atoms with Gasteiger partial charge < -0.3 is 0 Å². The van der Waals surface area contributed by atoms with Crippen LogP contribution in [0.3, 0.4) is 0 Å². The first kappa shape index (κ1) is 14.3. The Bertz CT molecular complexity index is 720. The van der Waals surface area contributed by atoms with Gasteiger partial charge in [-0.1, -0.05) is 24.3 Å². The van der Waals surface area contributed by atoms with Crippen LogP contribution in [0, 0.1) is 11.6 Å². The predicted molar refractivity (Wildman–Crippen MR) is 69.2 cm³/mol.